The fourth-order valence-corrected chi connectivity index (χ4v) is 12.3. The normalized spacial score (nSPS) is 14.5. The van der Waals surface area contributed by atoms with Gasteiger partial charge >= 0.3 is 39.5 Å². The minimum atomic E-state index is -4.95. The topological polar surface area (TPSA) is 237 Å². The lowest BCUT2D eigenvalue weighted by atomic mass is 10.00. The van der Waals surface area contributed by atoms with Crippen molar-refractivity contribution in [3.05, 3.63) is 0 Å². The number of hydrogen-bond acceptors (Lipinski definition) is 15. The number of unbranched alkanes of at least 4 members (excludes halogenated alkanes) is 36. The van der Waals surface area contributed by atoms with Gasteiger partial charge in [-0.2, -0.15) is 0 Å². The molecular weight excluding hydrogens is 1190 g/mol. The lowest BCUT2D eigenvalue weighted by Gasteiger charge is -2.21. The molecule has 17 nitrogen and oxygen atoms in total. The summed E-state index contributed by atoms with van der Waals surface area (Å²) in [5, 5.41) is 10.6. The summed E-state index contributed by atoms with van der Waals surface area (Å²) >= 11 is 0. The highest BCUT2D eigenvalue weighted by Crippen LogP contribution is 2.45. The molecule has 0 fully saturated rings. The zero-order valence-electron chi connectivity index (χ0n) is 58.6. The summed E-state index contributed by atoms with van der Waals surface area (Å²) in [6.07, 6.45) is 46.0. The number of phosphoric acid groups is 2. The number of aliphatic hydroxyl groups is 1. The van der Waals surface area contributed by atoms with Crippen LogP contribution in [0.15, 0.2) is 0 Å². The van der Waals surface area contributed by atoms with Gasteiger partial charge in [0.2, 0.25) is 0 Å². The standard InChI is InChI=1S/C71H138O17P2/c1-8-10-11-12-28-38-45-52-68(73)81-58-67(88-71(76)55-48-41-34-33-37-44-51-64(7)9-2)61-86-90(79,80)84-57-65(72)56-83-89(77,78)85-60-66(59-82-69(74)53-46-39-31-26-22-19-15-17-21-25-30-36-43-50-63(5)6)87-70(75)54-47-40-32-27-23-18-14-13-16-20-24-29-35-42-49-62(3)4/h62-67,72H,8-61H2,1-7H3,(H,77,78)(H,79,80)/t64?,65-,66-,67-/m1/s1. The molecule has 0 saturated heterocycles. The van der Waals surface area contributed by atoms with Gasteiger partial charge < -0.3 is 33.8 Å². The van der Waals surface area contributed by atoms with Gasteiger partial charge in [-0.05, 0) is 43.4 Å². The van der Waals surface area contributed by atoms with Crippen molar-refractivity contribution in [2.45, 2.75) is 375 Å². The number of esters is 4. The zero-order chi connectivity index (χ0) is 66.6. The average Bonchev–Trinajstić information content (AvgIpc) is 2.95. The quantitative estimate of drug-likeness (QED) is 0.0222. The van der Waals surface area contributed by atoms with E-state index in [1.807, 2.05) is 0 Å². The van der Waals surface area contributed by atoms with Gasteiger partial charge in [0.1, 0.15) is 19.3 Å². The molecule has 3 unspecified atom stereocenters. The Morgan fingerprint density at radius 3 is 0.844 bits per heavy atom. The molecule has 0 saturated carbocycles. The third kappa shape index (κ3) is 63.5. The second kappa shape index (κ2) is 61.9. The summed E-state index contributed by atoms with van der Waals surface area (Å²) < 4.78 is 68.2. The van der Waals surface area contributed by atoms with Crippen molar-refractivity contribution in [3.8, 4) is 0 Å². The Bertz CT molecular complexity index is 1770. The first kappa shape index (κ1) is 88.1. The van der Waals surface area contributed by atoms with Gasteiger partial charge in [-0.15, -0.1) is 0 Å². The van der Waals surface area contributed by atoms with Gasteiger partial charge in [0.25, 0.3) is 0 Å². The predicted molar refractivity (Wildman–Crippen MR) is 363 cm³/mol. The summed E-state index contributed by atoms with van der Waals surface area (Å²) in [4.78, 5) is 72.4. The highest BCUT2D eigenvalue weighted by molar-refractivity contribution is 7.47. The minimum absolute atomic E-state index is 0.102. The van der Waals surface area contributed by atoms with E-state index in [0.29, 0.717) is 25.7 Å². The van der Waals surface area contributed by atoms with Crippen molar-refractivity contribution in [2.75, 3.05) is 39.6 Å². The highest BCUT2D eigenvalue weighted by Gasteiger charge is 2.30. The van der Waals surface area contributed by atoms with E-state index in [9.17, 15) is 43.2 Å². The van der Waals surface area contributed by atoms with Crippen molar-refractivity contribution in [3.63, 3.8) is 0 Å². The highest BCUT2D eigenvalue weighted by atomic mass is 31.2. The monoisotopic (exact) mass is 1320 g/mol. The Morgan fingerprint density at radius 1 is 0.322 bits per heavy atom. The maximum Gasteiger partial charge on any atom is 0.472 e. The fraction of sp³-hybridized carbons (Fsp3) is 0.944. The van der Waals surface area contributed by atoms with Crippen LogP contribution < -0.4 is 0 Å². The lowest BCUT2D eigenvalue weighted by molar-refractivity contribution is -0.161. The molecule has 0 aromatic rings. The predicted octanol–water partition coefficient (Wildman–Crippen LogP) is 20.2. The van der Waals surface area contributed by atoms with E-state index in [1.54, 1.807) is 0 Å². The molecule has 90 heavy (non-hydrogen) atoms. The van der Waals surface area contributed by atoms with Crippen LogP contribution in [0, 0.1) is 17.8 Å². The summed E-state index contributed by atoms with van der Waals surface area (Å²) in [5.74, 6) is 0.175. The van der Waals surface area contributed by atoms with Crippen LogP contribution in [0.5, 0.6) is 0 Å². The number of aliphatic hydroxyl groups excluding tert-OH is 1. The Kier molecular flexibility index (Phi) is 60.6. The number of hydrogen-bond donors (Lipinski definition) is 3. The van der Waals surface area contributed by atoms with Gasteiger partial charge in [0.05, 0.1) is 26.4 Å². The van der Waals surface area contributed by atoms with E-state index in [1.165, 1.54) is 154 Å². The molecule has 0 aromatic heterocycles. The Labute approximate surface area is 549 Å². The first-order chi connectivity index (χ1) is 43.3. The van der Waals surface area contributed by atoms with Crippen LogP contribution in [-0.2, 0) is 65.4 Å². The minimum Gasteiger partial charge on any atom is -0.462 e. The molecule has 6 atom stereocenters. The van der Waals surface area contributed by atoms with E-state index < -0.39 is 97.5 Å². The molecule has 0 aliphatic heterocycles. The van der Waals surface area contributed by atoms with Gasteiger partial charge in [-0.25, -0.2) is 9.13 Å². The largest absolute Gasteiger partial charge is 0.472 e. The molecular formula is C71H138O17P2. The summed E-state index contributed by atoms with van der Waals surface area (Å²) in [6.45, 7) is 11.8. The first-order valence-electron chi connectivity index (χ1n) is 36.9. The van der Waals surface area contributed by atoms with Crippen LogP contribution in [0.25, 0.3) is 0 Å². The van der Waals surface area contributed by atoms with Crippen LogP contribution >= 0.6 is 15.6 Å². The van der Waals surface area contributed by atoms with Crippen molar-refractivity contribution in [1.82, 2.24) is 0 Å². The van der Waals surface area contributed by atoms with Gasteiger partial charge in [-0.3, -0.25) is 37.3 Å². The molecule has 3 N–H and O–H groups in total. The molecule has 0 rings (SSSR count). The Balaban J connectivity index is 5.20. The Hall–Kier alpha value is -1.94. The van der Waals surface area contributed by atoms with Crippen LogP contribution in [0.1, 0.15) is 357 Å². The van der Waals surface area contributed by atoms with Gasteiger partial charge in [0.15, 0.2) is 12.2 Å². The summed E-state index contributed by atoms with van der Waals surface area (Å²) in [6, 6.07) is 0. The summed E-state index contributed by atoms with van der Waals surface area (Å²) in [5.41, 5.74) is 0. The fourth-order valence-electron chi connectivity index (χ4n) is 10.7. The molecule has 0 aromatic carbocycles. The van der Waals surface area contributed by atoms with Crippen LogP contribution in [-0.4, -0.2) is 96.7 Å². The van der Waals surface area contributed by atoms with E-state index in [-0.39, 0.29) is 25.7 Å². The number of carbonyl (C=O) groups is 4. The third-order valence-electron chi connectivity index (χ3n) is 16.7. The van der Waals surface area contributed by atoms with Crippen molar-refractivity contribution in [2.24, 2.45) is 17.8 Å². The maximum absolute atomic E-state index is 13.0. The van der Waals surface area contributed by atoms with Gasteiger partial charge in [-0.1, -0.05) is 305 Å². The number of phosphoric ester groups is 2. The van der Waals surface area contributed by atoms with E-state index in [4.69, 9.17) is 37.0 Å². The van der Waals surface area contributed by atoms with Crippen molar-refractivity contribution < 1.29 is 80.2 Å². The van der Waals surface area contributed by atoms with Crippen LogP contribution in [0.2, 0.25) is 0 Å². The SMILES string of the molecule is CCCCCCCCCC(=O)OC[C@H](COP(=O)(O)OC[C@H](O)COP(=O)(O)OC[C@@H](COC(=O)CCCCCCCCCCCCCCCC(C)C)OC(=O)CCCCCCCCCCCCCCCCC(C)C)OC(=O)CCCCCCCCC(C)CC. The molecule has 0 radical (unpaired) electrons. The second-order valence-electron chi connectivity index (χ2n) is 26.8. The van der Waals surface area contributed by atoms with E-state index in [0.717, 1.165) is 120 Å². The molecule has 0 spiro atoms. The van der Waals surface area contributed by atoms with Crippen molar-refractivity contribution in [1.29, 1.82) is 0 Å². The molecule has 0 aliphatic carbocycles. The summed E-state index contributed by atoms with van der Waals surface area (Å²) in [7, 11) is -9.90. The smallest absolute Gasteiger partial charge is 0.462 e. The molecule has 0 aliphatic rings. The maximum atomic E-state index is 13.0. The third-order valence-corrected chi connectivity index (χ3v) is 18.6. The van der Waals surface area contributed by atoms with E-state index in [2.05, 4.69) is 48.5 Å². The zero-order valence-corrected chi connectivity index (χ0v) is 60.4. The average molecular weight is 1330 g/mol. The molecule has 0 amide bonds. The van der Waals surface area contributed by atoms with Gasteiger partial charge in [0, 0.05) is 25.7 Å². The van der Waals surface area contributed by atoms with E-state index >= 15 is 0 Å². The lowest BCUT2D eigenvalue weighted by Crippen LogP contribution is -2.30. The molecule has 534 valence electrons. The number of ether oxygens (including phenoxy) is 4. The first-order valence-corrected chi connectivity index (χ1v) is 39.9. The number of rotatable bonds is 69. The molecule has 0 bridgehead atoms. The van der Waals surface area contributed by atoms with Crippen LogP contribution in [0.4, 0.5) is 0 Å². The molecule has 19 heteroatoms. The van der Waals surface area contributed by atoms with Crippen molar-refractivity contribution >= 4 is 39.5 Å². The number of carbonyl (C=O) groups excluding carboxylic acids is 4. The molecule has 0 heterocycles. The van der Waals surface area contributed by atoms with Crippen LogP contribution in [0.3, 0.4) is 0 Å². The Morgan fingerprint density at radius 2 is 0.567 bits per heavy atom. The second-order valence-corrected chi connectivity index (χ2v) is 29.7.